The van der Waals surface area contributed by atoms with E-state index in [-0.39, 0.29) is 18.0 Å². The van der Waals surface area contributed by atoms with Crippen molar-refractivity contribution in [1.82, 2.24) is 9.78 Å². The Bertz CT molecular complexity index is 651. The molecule has 0 saturated carbocycles. The number of rotatable bonds is 4. The van der Waals surface area contributed by atoms with Crippen molar-refractivity contribution < 1.29 is 9.72 Å². The zero-order valence-corrected chi connectivity index (χ0v) is 10.8. The van der Waals surface area contributed by atoms with Crippen molar-refractivity contribution in [2.75, 3.05) is 0 Å². The van der Waals surface area contributed by atoms with E-state index >= 15 is 0 Å². The first kappa shape index (κ1) is 13.2. The van der Waals surface area contributed by atoms with Crippen molar-refractivity contribution in [2.45, 2.75) is 13.5 Å². The molecule has 0 radical (unpaired) electrons. The monoisotopic (exact) mass is 279 g/mol. The summed E-state index contributed by atoms with van der Waals surface area (Å²) in [7, 11) is 0. The number of hydrogen-bond acceptors (Lipinski definition) is 4. The van der Waals surface area contributed by atoms with Crippen LogP contribution in [0.25, 0.3) is 0 Å². The summed E-state index contributed by atoms with van der Waals surface area (Å²) in [6.45, 7) is 1.62. The van der Waals surface area contributed by atoms with Crippen molar-refractivity contribution in [3.8, 4) is 0 Å². The van der Waals surface area contributed by atoms with Crippen LogP contribution in [0.4, 0.5) is 5.69 Å². The number of nitro groups is 1. The summed E-state index contributed by atoms with van der Waals surface area (Å²) in [6.07, 6.45) is 2.98. The average molecular weight is 280 g/mol. The fourth-order valence-corrected chi connectivity index (χ4v) is 1.86. The second kappa shape index (κ2) is 5.19. The van der Waals surface area contributed by atoms with Gasteiger partial charge >= 0.3 is 0 Å². The minimum Gasteiger partial charge on any atom is -0.294 e. The number of ketones is 1. The summed E-state index contributed by atoms with van der Waals surface area (Å²) in [5, 5.41) is 15.3. The molecule has 0 N–H and O–H groups in total. The third kappa shape index (κ3) is 2.97. The molecule has 2 rings (SSSR count). The van der Waals surface area contributed by atoms with E-state index in [1.54, 1.807) is 6.20 Å². The molecule has 0 fully saturated rings. The number of hydrogen-bond donors (Lipinski definition) is 0. The van der Waals surface area contributed by atoms with Crippen molar-refractivity contribution in [1.29, 1.82) is 0 Å². The highest BCUT2D eigenvalue weighted by molar-refractivity contribution is 6.30. The van der Waals surface area contributed by atoms with E-state index < -0.39 is 4.92 Å². The maximum absolute atomic E-state index is 11.2. The largest absolute Gasteiger partial charge is 0.294 e. The molecule has 0 saturated heterocycles. The molecular weight excluding hydrogens is 270 g/mol. The molecule has 0 unspecified atom stereocenters. The highest BCUT2D eigenvalue weighted by Gasteiger charge is 2.15. The summed E-state index contributed by atoms with van der Waals surface area (Å²) in [4.78, 5) is 21.6. The molecule has 0 aliphatic rings. The van der Waals surface area contributed by atoms with Crippen molar-refractivity contribution >= 4 is 23.1 Å². The first-order valence-electron chi connectivity index (χ1n) is 5.43. The van der Waals surface area contributed by atoms with E-state index in [0.29, 0.717) is 16.1 Å². The molecular formula is C12H10ClN3O3. The van der Waals surface area contributed by atoms with Crippen LogP contribution in [-0.2, 0) is 6.54 Å². The minimum atomic E-state index is -0.471. The lowest BCUT2D eigenvalue weighted by atomic mass is 10.2. The van der Waals surface area contributed by atoms with Gasteiger partial charge in [0.15, 0.2) is 5.78 Å². The van der Waals surface area contributed by atoms with Crippen LogP contribution >= 0.6 is 11.6 Å². The summed E-state index contributed by atoms with van der Waals surface area (Å²) in [5.41, 5.74) is 0.879. The van der Waals surface area contributed by atoms with Crippen LogP contribution < -0.4 is 0 Å². The van der Waals surface area contributed by atoms with Crippen LogP contribution in [0.2, 0.25) is 5.02 Å². The second-order valence-electron chi connectivity index (χ2n) is 4.01. The fourth-order valence-electron chi connectivity index (χ4n) is 1.67. The van der Waals surface area contributed by atoms with Gasteiger partial charge < -0.3 is 0 Å². The number of nitrogens with zero attached hydrogens (tertiary/aromatic N) is 3. The molecule has 1 heterocycles. The van der Waals surface area contributed by atoms with Gasteiger partial charge in [-0.1, -0.05) is 11.6 Å². The van der Waals surface area contributed by atoms with Gasteiger partial charge in [-0.3, -0.25) is 19.6 Å². The summed E-state index contributed by atoms with van der Waals surface area (Å²) in [6, 6.07) is 4.34. The first-order chi connectivity index (χ1) is 8.97. The summed E-state index contributed by atoms with van der Waals surface area (Å²) in [5.74, 6) is -0.105. The molecule has 2 aromatic rings. The number of Topliss-reactive ketones (excluding diaryl/α,β-unsaturated/α-hetero) is 1. The molecule has 1 aromatic carbocycles. The van der Waals surface area contributed by atoms with E-state index in [9.17, 15) is 14.9 Å². The zero-order valence-electron chi connectivity index (χ0n) is 10.0. The van der Waals surface area contributed by atoms with E-state index in [1.165, 1.54) is 36.0 Å². The van der Waals surface area contributed by atoms with Gasteiger partial charge in [-0.15, -0.1) is 0 Å². The molecule has 0 amide bonds. The third-order valence-corrected chi connectivity index (χ3v) is 2.85. The molecule has 6 nitrogen and oxygen atoms in total. The standard InChI is InChI=1S/C12H10ClN3O3/c1-8(17)10-5-14-15(7-10)6-9-4-11(13)2-3-12(9)16(18)19/h2-5,7H,6H2,1H3. The van der Waals surface area contributed by atoms with Gasteiger partial charge in [0.2, 0.25) is 0 Å². The predicted molar refractivity (Wildman–Crippen MR) is 69.4 cm³/mol. The maximum Gasteiger partial charge on any atom is 0.274 e. The molecule has 0 spiro atoms. The molecule has 0 aliphatic carbocycles. The van der Waals surface area contributed by atoms with E-state index in [1.807, 2.05) is 0 Å². The number of aromatic nitrogens is 2. The maximum atomic E-state index is 11.2. The highest BCUT2D eigenvalue weighted by atomic mass is 35.5. The molecule has 0 bridgehead atoms. The lowest BCUT2D eigenvalue weighted by Gasteiger charge is -2.04. The fraction of sp³-hybridized carbons (Fsp3) is 0.167. The van der Waals surface area contributed by atoms with Crippen LogP contribution in [0.15, 0.2) is 30.6 Å². The first-order valence-corrected chi connectivity index (χ1v) is 5.81. The molecule has 98 valence electrons. The number of carbonyl (C=O) groups is 1. The lowest BCUT2D eigenvalue weighted by Crippen LogP contribution is -2.03. The summed E-state index contributed by atoms with van der Waals surface area (Å²) >= 11 is 5.84. The topological polar surface area (TPSA) is 78.0 Å². The van der Waals surface area contributed by atoms with Gasteiger partial charge in [-0.05, 0) is 19.1 Å². The Kier molecular flexibility index (Phi) is 3.62. The van der Waals surface area contributed by atoms with Crippen LogP contribution in [0.5, 0.6) is 0 Å². The van der Waals surface area contributed by atoms with Crippen molar-refractivity contribution in [2.24, 2.45) is 0 Å². The predicted octanol–water partition coefficient (Wildman–Crippen LogP) is 2.70. The lowest BCUT2D eigenvalue weighted by molar-refractivity contribution is -0.385. The second-order valence-corrected chi connectivity index (χ2v) is 4.45. The van der Waals surface area contributed by atoms with Crippen LogP contribution in [0.3, 0.4) is 0 Å². The van der Waals surface area contributed by atoms with Crippen LogP contribution in [0, 0.1) is 10.1 Å². The van der Waals surface area contributed by atoms with Gasteiger partial charge in [0.1, 0.15) is 0 Å². The van der Waals surface area contributed by atoms with E-state index in [2.05, 4.69) is 5.10 Å². The molecule has 19 heavy (non-hydrogen) atoms. The Morgan fingerprint density at radius 2 is 2.26 bits per heavy atom. The minimum absolute atomic E-state index is 0.0238. The summed E-state index contributed by atoms with van der Waals surface area (Å²) < 4.78 is 1.47. The quantitative estimate of drug-likeness (QED) is 0.490. The third-order valence-electron chi connectivity index (χ3n) is 2.61. The number of benzene rings is 1. The number of nitro benzene ring substituents is 1. The Morgan fingerprint density at radius 3 is 2.84 bits per heavy atom. The Hall–Kier alpha value is -2.21. The normalized spacial score (nSPS) is 10.4. The van der Waals surface area contributed by atoms with Crippen molar-refractivity contribution in [3.05, 3.63) is 56.9 Å². The molecule has 1 aromatic heterocycles. The van der Waals surface area contributed by atoms with Gasteiger partial charge in [-0.2, -0.15) is 5.10 Å². The van der Waals surface area contributed by atoms with Gasteiger partial charge in [0.05, 0.1) is 28.8 Å². The molecule has 0 atom stereocenters. The average Bonchev–Trinajstić information content (AvgIpc) is 2.77. The number of halogens is 1. The Balaban J connectivity index is 2.33. The van der Waals surface area contributed by atoms with Crippen LogP contribution in [-0.4, -0.2) is 20.5 Å². The SMILES string of the molecule is CC(=O)c1cnn(Cc2cc(Cl)ccc2[N+](=O)[O-])c1. The van der Waals surface area contributed by atoms with Gasteiger partial charge in [0.25, 0.3) is 5.69 Å². The van der Waals surface area contributed by atoms with Crippen LogP contribution in [0.1, 0.15) is 22.8 Å². The van der Waals surface area contributed by atoms with E-state index in [4.69, 9.17) is 11.6 Å². The Labute approximate surface area is 113 Å². The van der Waals surface area contributed by atoms with Gasteiger partial charge in [-0.25, -0.2) is 0 Å². The van der Waals surface area contributed by atoms with E-state index in [0.717, 1.165) is 0 Å². The number of carbonyl (C=O) groups excluding carboxylic acids is 1. The van der Waals surface area contributed by atoms with Gasteiger partial charge in [0, 0.05) is 17.3 Å². The smallest absolute Gasteiger partial charge is 0.274 e. The molecule has 0 aliphatic heterocycles. The zero-order chi connectivity index (χ0) is 14.0. The van der Waals surface area contributed by atoms with Crippen molar-refractivity contribution in [3.63, 3.8) is 0 Å². The Morgan fingerprint density at radius 1 is 1.53 bits per heavy atom. The molecule has 7 heteroatoms. The highest BCUT2D eigenvalue weighted by Crippen LogP contribution is 2.23.